The van der Waals surface area contributed by atoms with Gasteiger partial charge in [-0.15, -0.1) is 0 Å². The van der Waals surface area contributed by atoms with Crippen LogP contribution in [0.4, 0.5) is 17.1 Å². The molecule has 2 aromatic rings. The Morgan fingerprint density at radius 2 is 1.92 bits per heavy atom. The summed E-state index contributed by atoms with van der Waals surface area (Å²) in [4.78, 5) is 22.3. The van der Waals surface area contributed by atoms with Crippen molar-refractivity contribution in [1.82, 2.24) is 0 Å². The molecule has 2 aromatic carbocycles. The lowest BCUT2D eigenvalue weighted by Crippen LogP contribution is -2.14. The maximum absolute atomic E-state index is 12.1. The molecule has 126 valence electrons. The average Bonchev–Trinajstić information content (AvgIpc) is 2.58. The van der Waals surface area contributed by atoms with Crippen LogP contribution in [0.5, 0.6) is 0 Å². The molecule has 0 atom stereocenters. The standard InChI is InChI=1S/C16H10Cl2N4O3/c17-12-3-1-2-4-14(12)20-9-10(8-19)16(23)21-11-5-6-13(18)15(7-11)22(24)25/h1-7,9,20H,(H,21,23)/b10-9-. The van der Waals surface area contributed by atoms with Gasteiger partial charge in [-0.2, -0.15) is 5.26 Å². The fraction of sp³-hybridized carbons (Fsp3) is 0. The first-order valence-corrected chi connectivity index (χ1v) is 7.54. The first kappa shape index (κ1) is 18.3. The van der Waals surface area contributed by atoms with E-state index < -0.39 is 10.8 Å². The van der Waals surface area contributed by atoms with Crippen molar-refractivity contribution in [1.29, 1.82) is 5.26 Å². The lowest BCUT2D eigenvalue weighted by molar-refractivity contribution is -0.384. The zero-order valence-electron chi connectivity index (χ0n) is 12.5. The zero-order valence-corrected chi connectivity index (χ0v) is 14.0. The summed E-state index contributed by atoms with van der Waals surface area (Å²) >= 11 is 11.7. The maximum Gasteiger partial charge on any atom is 0.289 e. The molecule has 0 fully saturated rings. The summed E-state index contributed by atoms with van der Waals surface area (Å²) in [5.41, 5.74) is 0.0699. The summed E-state index contributed by atoms with van der Waals surface area (Å²) in [7, 11) is 0. The smallest absolute Gasteiger partial charge is 0.289 e. The van der Waals surface area contributed by atoms with Crippen LogP contribution in [0, 0.1) is 21.4 Å². The number of nitro groups is 1. The molecule has 2 N–H and O–H groups in total. The number of carbonyl (C=O) groups is 1. The van der Waals surface area contributed by atoms with Crippen molar-refractivity contribution in [3.63, 3.8) is 0 Å². The zero-order chi connectivity index (χ0) is 18.4. The number of amides is 1. The van der Waals surface area contributed by atoms with Gasteiger partial charge in [-0.05, 0) is 24.3 Å². The molecular weight excluding hydrogens is 367 g/mol. The number of benzene rings is 2. The van der Waals surface area contributed by atoms with Gasteiger partial charge < -0.3 is 10.6 Å². The number of halogens is 2. The molecule has 25 heavy (non-hydrogen) atoms. The molecule has 7 nitrogen and oxygen atoms in total. The Balaban J connectivity index is 2.17. The van der Waals surface area contributed by atoms with Gasteiger partial charge in [0.15, 0.2) is 0 Å². The molecule has 0 aromatic heterocycles. The molecule has 0 saturated carbocycles. The van der Waals surface area contributed by atoms with Gasteiger partial charge >= 0.3 is 0 Å². The minimum absolute atomic E-state index is 0.0561. The molecule has 2 rings (SSSR count). The third kappa shape index (κ3) is 4.70. The lowest BCUT2D eigenvalue weighted by atomic mass is 10.2. The normalized spacial score (nSPS) is 10.7. The molecule has 1 amide bonds. The number of anilines is 2. The van der Waals surface area contributed by atoms with E-state index in [0.29, 0.717) is 10.7 Å². The summed E-state index contributed by atoms with van der Waals surface area (Å²) in [6.45, 7) is 0. The highest BCUT2D eigenvalue weighted by Gasteiger charge is 2.15. The minimum atomic E-state index is -0.737. The van der Waals surface area contributed by atoms with E-state index in [1.54, 1.807) is 30.3 Å². The number of rotatable bonds is 5. The van der Waals surface area contributed by atoms with Crippen molar-refractivity contribution in [2.24, 2.45) is 0 Å². The molecule has 0 unspecified atom stereocenters. The van der Waals surface area contributed by atoms with Gasteiger partial charge in [-0.3, -0.25) is 14.9 Å². The van der Waals surface area contributed by atoms with Crippen LogP contribution in [0.2, 0.25) is 10.0 Å². The van der Waals surface area contributed by atoms with Crippen LogP contribution in [0.1, 0.15) is 0 Å². The third-order valence-electron chi connectivity index (χ3n) is 3.01. The van der Waals surface area contributed by atoms with E-state index in [9.17, 15) is 14.9 Å². The Bertz CT molecular complexity index is 906. The van der Waals surface area contributed by atoms with E-state index >= 15 is 0 Å². The van der Waals surface area contributed by atoms with Crippen molar-refractivity contribution in [2.75, 3.05) is 10.6 Å². The summed E-state index contributed by atoms with van der Waals surface area (Å²) in [6.07, 6.45) is 1.20. The Hall–Kier alpha value is -3.08. The van der Waals surface area contributed by atoms with Crippen LogP contribution < -0.4 is 10.6 Å². The first-order valence-electron chi connectivity index (χ1n) is 6.79. The molecule has 0 radical (unpaired) electrons. The van der Waals surface area contributed by atoms with E-state index in [-0.39, 0.29) is 22.0 Å². The highest BCUT2D eigenvalue weighted by molar-refractivity contribution is 6.33. The SMILES string of the molecule is N#C/C(=C/Nc1ccccc1Cl)C(=O)Nc1ccc(Cl)c([N+](=O)[O-])c1. The number of nitriles is 1. The largest absolute Gasteiger partial charge is 0.359 e. The van der Waals surface area contributed by atoms with E-state index in [2.05, 4.69) is 10.6 Å². The van der Waals surface area contributed by atoms with Crippen molar-refractivity contribution < 1.29 is 9.72 Å². The summed E-state index contributed by atoms with van der Waals surface area (Å²) < 4.78 is 0. The second-order valence-electron chi connectivity index (χ2n) is 4.67. The maximum atomic E-state index is 12.1. The van der Waals surface area contributed by atoms with E-state index in [1.807, 2.05) is 0 Å². The van der Waals surface area contributed by atoms with Gasteiger partial charge in [0.05, 0.1) is 15.6 Å². The van der Waals surface area contributed by atoms with Gasteiger partial charge in [0.2, 0.25) is 0 Å². The van der Waals surface area contributed by atoms with Gasteiger partial charge in [0.25, 0.3) is 11.6 Å². The average molecular weight is 377 g/mol. The predicted molar refractivity (Wildman–Crippen MR) is 95.5 cm³/mol. The first-order chi connectivity index (χ1) is 11.9. The van der Waals surface area contributed by atoms with Crippen molar-refractivity contribution in [3.05, 3.63) is 74.4 Å². The Morgan fingerprint density at radius 3 is 2.56 bits per heavy atom. The molecule has 0 aliphatic heterocycles. The topological polar surface area (TPSA) is 108 Å². The Morgan fingerprint density at radius 1 is 1.20 bits per heavy atom. The second kappa shape index (κ2) is 8.15. The van der Waals surface area contributed by atoms with Crippen molar-refractivity contribution >= 4 is 46.2 Å². The molecule has 0 aliphatic carbocycles. The molecule has 0 bridgehead atoms. The van der Waals surface area contributed by atoms with E-state index in [0.717, 1.165) is 6.07 Å². The molecule has 9 heteroatoms. The quantitative estimate of drug-likeness (QED) is 0.348. The predicted octanol–water partition coefficient (Wildman–Crippen LogP) is 4.36. The van der Waals surface area contributed by atoms with Crippen LogP contribution in [-0.2, 0) is 4.79 Å². The van der Waals surface area contributed by atoms with Crippen molar-refractivity contribution in [3.8, 4) is 6.07 Å². The minimum Gasteiger partial charge on any atom is -0.359 e. The second-order valence-corrected chi connectivity index (χ2v) is 5.49. The molecule has 0 saturated heterocycles. The van der Waals surface area contributed by atoms with E-state index in [1.165, 1.54) is 18.3 Å². The number of hydrogen-bond acceptors (Lipinski definition) is 5. The van der Waals surface area contributed by atoms with Crippen LogP contribution in [0.25, 0.3) is 0 Å². The fourth-order valence-corrected chi connectivity index (χ4v) is 2.18. The number of para-hydroxylation sites is 1. The Labute approximate surface area is 152 Å². The number of carbonyl (C=O) groups excluding carboxylic acids is 1. The monoisotopic (exact) mass is 376 g/mol. The number of nitrogens with zero attached hydrogens (tertiary/aromatic N) is 2. The highest BCUT2D eigenvalue weighted by atomic mass is 35.5. The van der Waals surface area contributed by atoms with Gasteiger partial charge in [0, 0.05) is 18.0 Å². The Kier molecular flexibility index (Phi) is 5.95. The van der Waals surface area contributed by atoms with Crippen LogP contribution >= 0.6 is 23.2 Å². The third-order valence-corrected chi connectivity index (χ3v) is 3.66. The molecule has 0 aliphatic rings. The van der Waals surface area contributed by atoms with Crippen LogP contribution in [-0.4, -0.2) is 10.8 Å². The fourth-order valence-electron chi connectivity index (χ4n) is 1.81. The van der Waals surface area contributed by atoms with Gasteiger partial charge in [-0.1, -0.05) is 35.3 Å². The van der Waals surface area contributed by atoms with Crippen LogP contribution in [0.3, 0.4) is 0 Å². The summed E-state index contributed by atoms with van der Waals surface area (Å²) in [5, 5.41) is 25.5. The number of hydrogen-bond donors (Lipinski definition) is 2. The summed E-state index contributed by atoms with van der Waals surface area (Å²) in [6, 6.07) is 12.3. The molecular formula is C16H10Cl2N4O3. The molecule has 0 heterocycles. The van der Waals surface area contributed by atoms with Crippen LogP contribution in [0.15, 0.2) is 54.2 Å². The molecule has 0 spiro atoms. The van der Waals surface area contributed by atoms with E-state index in [4.69, 9.17) is 28.5 Å². The number of nitro benzene ring substituents is 1. The highest BCUT2D eigenvalue weighted by Crippen LogP contribution is 2.27. The number of nitrogens with one attached hydrogen (secondary N) is 2. The summed E-state index contributed by atoms with van der Waals surface area (Å²) in [5.74, 6) is -0.737. The van der Waals surface area contributed by atoms with Gasteiger partial charge in [0.1, 0.15) is 16.7 Å². The van der Waals surface area contributed by atoms with Gasteiger partial charge in [-0.25, -0.2) is 0 Å². The lowest BCUT2D eigenvalue weighted by Gasteiger charge is -2.06. The van der Waals surface area contributed by atoms with Crippen molar-refractivity contribution in [2.45, 2.75) is 0 Å².